The van der Waals surface area contributed by atoms with Gasteiger partial charge < -0.3 is 20.7 Å². The summed E-state index contributed by atoms with van der Waals surface area (Å²) in [6, 6.07) is 15.9. The number of hydrogen-bond acceptors (Lipinski definition) is 3. The second-order valence-electron chi connectivity index (χ2n) is 6.25. The number of benzene rings is 2. The third-order valence-electron chi connectivity index (χ3n) is 4.45. The predicted octanol–water partition coefficient (Wildman–Crippen LogP) is 2.14. The van der Waals surface area contributed by atoms with Crippen molar-refractivity contribution >= 4 is 17.6 Å². The molecular weight excluding hydrogens is 328 g/mol. The second kappa shape index (κ2) is 8.49. The number of guanidine groups is 1. The van der Waals surface area contributed by atoms with E-state index < -0.39 is 0 Å². The average molecular weight is 352 g/mol. The molecule has 3 rings (SSSR count). The van der Waals surface area contributed by atoms with Gasteiger partial charge >= 0.3 is 0 Å². The normalized spacial score (nSPS) is 14.0. The molecule has 0 aliphatic carbocycles. The first-order valence-corrected chi connectivity index (χ1v) is 8.65. The summed E-state index contributed by atoms with van der Waals surface area (Å²) in [6.07, 6.45) is 0.879. The van der Waals surface area contributed by atoms with Gasteiger partial charge in [-0.3, -0.25) is 4.79 Å². The van der Waals surface area contributed by atoms with Gasteiger partial charge in [-0.25, -0.2) is 4.99 Å². The van der Waals surface area contributed by atoms with Crippen LogP contribution in [0.3, 0.4) is 0 Å². The van der Waals surface area contributed by atoms with E-state index in [4.69, 9.17) is 10.5 Å². The van der Waals surface area contributed by atoms with Gasteiger partial charge in [-0.05, 0) is 23.6 Å². The smallest absolute Gasteiger partial charge is 0.244 e. The first-order valence-electron chi connectivity index (χ1n) is 8.65. The number of nitrogens with two attached hydrogens (primary N) is 1. The number of rotatable bonds is 5. The van der Waals surface area contributed by atoms with Crippen LogP contribution in [0.15, 0.2) is 53.5 Å². The molecule has 1 aliphatic heterocycles. The molecule has 0 fully saturated rings. The predicted molar refractivity (Wildman–Crippen MR) is 103 cm³/mol. The first-order chi connectivity index (χ1) is 12.7. The minimum atomic E-state index is -0.0190. The lowest BCUT2D eigenvalue weighted by atomic mass is 10.00. The quantitative estimate of drug-likeness (QED) is 0.638. The highest BCUT2D eigenvalue weighted by molar-refractivity contribution is 5.94. The summed E-state index contributed by atoms with van der Waals surface area (Å²) >= 11 is 0. The van der Waals surface area contributed by atoms with Crippen molar-refractivity contribution < 1.29 is 9.53 Å². The zero-order valence-electron chi connectivity index (χ0n) is 14.9. The molecule has 2 aromatic carbocycles. The minimum Gasteiger partial charge on any atom is -0.380 e. The fourth-order valence-corrected chi connectivity index (χ4v) is 3.06. The summed E-state index contributed by atoms with van der Waals surface area (Å²) in [5.41, 5.74) is 10.3. The van der Waals surface area contributed by atoms with Crippen LogP contribution >= 0.6 is 0 Å². The summed E-state index contributed by atoms with van der Waals surface area (Å²) < 4.78 is 5.17. The minimum absolute atomic E-state index is 0.0190. The molecule has 6 heteroatoms. The van der Waals surface area contributed by atoms with Gasteiger partial charge in [0.2, 0.25) is 5.91 Å². The lowest BCUT2D eigenvalue weighted by Gasteiger charge is -2.28. The summed E-state index contributed by atoms with van der Waals surface area (Å²) in [5, 5.41) is 3.05. The third kappa shape index (κ3) is 4.40. The molecular formula is C20H24N4O2. The van der Waals surface area contributed by atoms with Crippen LogP contribution in [-0.2, 0) is 29.1 Å². The summed E-state index contributed by atoms with van der Waals surface area (Å²) in [6.45, 7) is 1.86. The van der Waals surface area contributed by atoms with Gasteiger partial charge in [-0.1, -0.05) is 42.5 Å². The molecule has 0 aromatic heterocycles. The van der Waals surface area contributed by atoms with Crippen LogP contribution < -0.4 is 11.1 Å². The number of nitrogens with one attached hydrogen (secondary N) is 1. The molecule has 0 saturated carbocycles. The highest BCUT2D eigenvalue weighted by Gasteiger charge is 2.19. The van der Waals surface area contributed by atoms with Crippen molar-refractivity contribution in [2.75, 3.05) is 25.5 Å². The number of methoxy groups -OCH3 is 1. The van der Waals surface area contributed by atoms with E-state index in [0.717, 1.165) is 24.2 Å². The molecule has 0 bridgehead atoms. The van der Waals surface area contributed by atoms with Crippen LogP contribution in [0.1, 0.15) is 16.7 Å². The molecule has 136 valence electrons. The van der Waals surface area contributed by atoms with Gasteiger partial charge in [0.1, 0.15) is 6.54 Å². The number of carbonyl (C=O) groups is 1. The number of carbonyl (C=O) groups excluding carboxylic acids is 1. The molecule has 3 N–H and O–H groups in total. The summed E-state index contributed by atoms with van der Waals surface area (Å²) in [4.78, 5) is 18.5. The van der Waals surface area contributed by atoms with Gasteiger partial charge in [-0.15, -0.1) is 0 Å². The monoisotopic (exact) mass is 352 g/mol. The van der Waals surface area contributed by atoms with Gasteiger partial charge in [0.05, 0.1) is 6.61 Å². The van der Waals surface area contributed by atoms with E-state index in [2.05, 4.69) is 22.4 Å². The topological polar surface area (TPSA) is 80.0 Å². The van der Waals surface area contributed by atoms with Crippen LogP contribution in [0.5, 0.6) is 0 Å². The molecule has 1 aliphatic rings. The van der Waals surface area contributed by atoms with Crippen LogP contribution in [0, 0.1) is 0 Å². The van der Waals surface area contributed by atoms with Crippen molar-refractivity contribution in [2.24, 2.45) is 10.7 Å². The number of fused-ring (bicyclic) bond motifs is 1. The van der Waals surface area contributed by atoms with E-state index in [9.17, 15) is 4.79 Å². The zero-order chi connectivity index (χ0) is 18.4. The Kier molecular flexibility index (Phi) is 5.86. The molecule has 1 heterocycles. The van der Waals surface area contributed by atoms with E-state index in [1.807, 2.05) is 41.3 Å². The Bertz CT molecular complexity index is 804. The molecule has 0 radical (unpaired) electrons. The lowest BCUT2D eigenvalue weighted by Crippen LogP contribution is -2.38. The van der Waals surface area contributed by atoms with Gasteiger partial charge in [0.25, 0.3) is 0 Å². The Balaban J connectivity index is 1.58. The van der Waals surface area contributed by atoms with Crippen molar-refractivity contribution in [3.05, 3.63) is 65.2 Å². The molecule has 0 atom stereocenters. The number of anilines is 1. The Morgan fingerprint density at radius 2 is 1.92 bits per heavy atom. The fraction of sp³-hybridized carbons (Fsp3) is 0.300. The Morgan fingerprint density at radius 1 is 1.19 bits per heavy atom. The number of hydrogen-bond donors (Lipinski definition) is 2. The maximum absolute atomic E-state index is 12.4. The van der Waals surface area contributed by atoms with Crippen LogP contribution in [0.4, 0.5) is 5.69 Å². The maximum atomic E-state index is 12.4. The first kappa shape index (κ1) is 17.9. The van der Waals surface area contributed by atoms with Crippen LogP contribution in [-0.4, -0.2) is 37.0 Å². The Hall–Kier alpha value is -2.86. The van der Waals surface area contributed by atoms with Crippen LogP contribution in [0.2, 0.25) is 0 Å². The standard InChI is InChI=1S/C20H24N4O2/c1-26-14-17-8-4-5-9-18(17)23-20(21)22-12-19(25)24-11-10-15-6-2-3-7-16(15)13-24/h2-9H,10-14H2,1H3,(H3,21,22,23). The second-order valence-corrected chi connectivity index (χ2v) is 6.25. The van der Waals surface area contributed by atoms with Crippen molar-refractivity contribution in [3.63, 3.8) is 0 Å². The highest BCUT2D eigenvalue weighted by atomic mass is 16.5. The average Bonchev–Trinajstić information content (AvgIpc) is 2.67. The number of ether oxygens (including phenoxy) is 1. The SMILES string of the molecule is COCc1ccccc1NC(N)=NCC(=O)N1CCc2ccccc2C1. The molecule has 26 heavy (non-hydrogen) atoms. The number of amides is 1. The zero-order valence-corrected chi connectivity index (χ0v) is 14.9. The Labute approximate surface area is 153 Å². The van der Waals surface area contributed by atoms with Crippen molar-refractivity contribution in [2.45, 2.75) is 19.6 Å². The summed E-state index contributed by atoms with van der Waals surface area (Å²) in [5.74, 6) is 0.203. The van der Waals surface area contributed by atoms with E-state index >= 15 is 0 Å². The third-order valence-corrected chi connectivity index (χ3v) is 4.45. The number of nitrogens with zero attached hydrogens (tertiary/aromatic N) is 2. The van der Waals surface area contributed by atoms with Gasteiger partial charge in [-0.2, -0.15) is 0 Å². The molecule has 6 nitrogen and oxygen atoms in total. The molecule has 0 unspecified atom stereocenters. The Morgan fingerprint density at radius 3 is 2.73 bits per heavy atom. The molecule has 0 saturated heterocycles. The number of para-hydroxylation sites is 1. The van der Waals surface area contributed by atoms with E-state index in [-0.39, 0.29) is 18.4 Å². The maximum Gasteiger partial charge on any atom is 0.244 e. The van der Waals surface area contributed by atoms with Gasteiger partial charge in [0.15, 0.2) is 5.96 Å². The highest BCUT2D eigenvalue weighted by Crippen LogP contribution is 2.18. The molecule has 0 spiro atoms. The van der Waals surface area contributed by atoms with Gasteiger partial charge in [0, 0.05) is 31.5 Å². The summed E-state index contributed by atoms with van der Waals surface area (Å²) in [7, 11) is 1.64. The van der Waals surface area contributed by atoms with E-state index in [0.29, 0.717) is 13.2 Å². The van der Waals surface area contributed by atoms with Crippen LogP contribution in [0.25, 0.3) is 0 Å². The molecule has 1 amide bonds. The lowest BCUT2D eigenvalue weighted by molar-refractivity contribution is -0.130. The van der Waals surface area contributed by atoms with Crippen molar-refractivity contribution in [1.29, 1.82) is 0 Å². The van der Waals surface area contributed by atoms with E-state index in [1.165, 1.54) is 11.1 Å². The van der Waals surface area contributed by atoms with Crippen molar-refractivity contribution in [3.8, 4) is 0 Å². The van der Waals surface area contributed by atoms with Crippen molar-refractivity contribution in [1.82, 2.24) is 4.90 Å². The largest absolute Gasteiger partial charge is 0.380 e. The fourth-order valence-electron chi connectivity index (χ4n) is 3.06. The van der Waals surface area contributed by atoms with E-state index in [1.54, 1.807) is 7.11 Å². The number of aliphatic imine (C=N–C) groups is 1. The molecule has 2 aromatic rings.